The molecular weight excluding hydrogens is 260 g/mol. The summed E-state index contributed by atoms with van der Waals surface area (Å²) >= 11 is 0. The highest BCUT2D eigenvalue weighted by molar-refractivity contribution is 5.85. The Bertz CT molecular complexity index is 607. The second-order valence-corrected chi connectivity index (χ2v) is 6.19. The Morgan fingerprint density at radius 2 is 2.05 bits per heavy atom. The van der Waals surface area contributed by atoms with Crippen molar-refractivity contribution < 1.29 is 0 Å². The van der Waals surface area contributed by atoms with Gasteiger partial charge in [-0.05, 0) is 31.5 Å². The molecule has 2 aromatic rings. The maximum Gasteiger partial charge on any atom is 0.0346 e. The zero-order valence-electron chi connectivity index (χ0n) is 12.9. The third-order valence-corrected chi connectivity index (χ3v) is 4.60. The highest BCUT2D eigenvalue weighted by atomic mass is 15.3. The summed E-state index contributed by atoms with van der Waals surface area (Å²) in [4.78, 5) is 9.17. The molecule has 0 saturated carbocycles. The molecule has 2 unspecified atom stereocenters. The molecule has 4 heteroatoms. The molecule has 0 amide bonds. The fourth-order valence-corrected chi connectivity index (χ4v) is 3.21. The molecule has 0 radical (unpaired) electrons. The molecule has 21 heavy (non-hydrogen) atoms. The average molecular weight is 284 g/mol. The maximum absolute atomic E-state index is 6.51. The number of likely N-dealkylation sites (N-methyl/N-ethyl adjacent to an activating group) is 2. The van der Waals surface area contributed by atoms with Crippen LogP contribution in [0.3, 0.4) is 0 Å². The minimum Gasteiger partial charge on any atom is -0.324 e. The van der Waals surface area contributed by atoms with Crippen LogP contribution in [0.2, 0.25) is 0 Å². The second-order valence-electron chi connectivity index (χ2n) is 6.19. The summed E-state index contributed by atoms with van der Waals surface area (Å²) in [6.07, 6.45) is 4.81. The van der Waals surface area contributed by atoms with E-state index in [1.165, 1.54) is 10.8 Å². The van der Waals surface area contributed by atoms with E-state index in [9.17, 15) is 0 Å². The average Bonchev–Trinajstić information content (AvgIpc) is 2.50. The number of pyridine rings is 1. The van der Waals surface area contributed by atoms with E-state index in [-0.39, 0.29) is 6.04 Å². The van der Waals surface area contributed by atoms with E-state index in [0.29, 0.717) is 6.04 Å². The van der Waals surface area contributed by atoms with Crippen LogP contribution in [0, 0.1) is 0 Å². The summed E-state index contributed by atoms with van der Waals surface area (Å²) < 4.78 is 0. The first-order valence-electron chi connectivity index (χ1n) is 7.62. The SMILES string of the molecule is CN1CCN(C)C(CC(N)c2cncc3ccccc23)C1. The monoisotopic (exact) mass is 284 g/mol. The molecule has 0 spiro atoms. The molecule has 2 atom stereocenters. The van der Waals surface area contributed by atoms with Crippen LogP contribution in [-0.4, -0.2) is 54.6 Å². The van der Waals surface area contributed by atoms with Crippen molar-refractivity contribution in [2.75, 3.05) is 33.7 Å². The molecule has 0 aliphatic carbocycles. The third kappa shape index (κ3) is 3.07. The van der Waals surface area contributed by atoms with E-state index in [1.807, 2.05) is 18.5 Å². The lowest BCUT2D eigenvalue weighted by Gasteiger charge is -2.39. The summed E-state index contributed by atoms with van der Waals surface area (Å²) in [7, 11) is 4.39. The molecule has 1 saturated heterocycles. The van der Waals surface area contributed by atoms with Crippen LogP contribution in [0.4, 0.5) is 0 Å². The van der Waals surface area contributed by atoms with Crippen molar-refractivity contribution in [3.05, 3.63) is 42.2 Å². The van der Waals surface area contributed by atoms with Crippen molar-refractivity contribution >= 4 is 10.8 Å². The van der Waals surface area contributed by atoms with Gasteiger partial charge in [0.2, 0.25) is 0 Å². The molecule has 1 aromatic carbocycles. The number of benzene rings is 1. The molecule has 1 aromatic heterocycles. The van der Waals surface area contributed by atoms with Crippen molar-refractivity contribution in [1.82, 2.24) is 14.8 Å². The van der Waals surface area contributed by atoms with Crippen LogP contribution in [0.5, 0.6) is 0 Å². The molecule has 1 aliphatic rings. The zero-order valence-corrected chi connectivity index (χ0v) is 12.9. The van der Waals surface area contributed by atoms with Crippen LogP contribution in [-0.2, 0) is 0 Å². The fraction of sp³-hybridized carbons (Fsp3) is 0.471. The maximum atomic E-state index is 6.51. The van der Waals surface area contributed by atoms with Gasteiger partial charge >= 0.3 is 0 Å². The summed E-state index contributed by atoms with van der Waals surface area (Å²) in [6, 6.07) is 8.89. The molecule has 1 fully saturated rings. The number of hydrogen-bond donors (Lipinski definition) is 1. The minimum absolute atomic E-state index is 0.0301. The molecule has 2 N–H and O–H groups in total. The van der Waals surface area contributed by atoms with Crippen molar-refractivity contribution in [3.63, 3.8) is 0 Å². The number of nitrogens with two attached hydrogens (primary N) is 1. The van der Waals surface area contributed by atoms with Crippen molar-refractivity contribution in [2.24, 2.45) is 5.73 Å². The van der Waals surface area contributed by atoms with Gasteiger partial charge in [0, 0.05) is 49.5 Å². The molecule has 4 nitrogen and oxygen atoms in total. The number of aromatic nitrogens is 1. The van der Waals surface area contributed by atoms with Crippen molar-refractivity contribution in [1.29, 1.82) is 0 Å². The molecule has 2 heterocycles. The van der Waals surface area contributed by atoms with Gasteiger partial charge in [0.05, 0.1) is 0 Å². The van der Waals surface area contributed by atoms with Gasteiger partial charge in [-0.25, -0.2) is 0 Å². The quantitative estimate of drug-likeness (QED) is 0.934. The summed E-state index contributed by atoms with van der Waals surface area (Å²) in [5.41, 5.74) is 7.68. The Balaban J connectivity index is 1.82. The zero-order chi connectivity index (χ0) is 14.8. The number of piperazine rings is 1. The Hall–Kier alpha value is -1.49. The number of hydrogen-bond acceptors (Lipinski definition) is 4. The third-order valence-electron chi connectivity index (χ3n) is 4.60. The van der Waals surface area contributed by atoms with Crippen LogP contribution in [0.1, 0.15) is 18.0 Å². The number of fused-ring (bicyclic) bond motifs is 1. The summed E-state index contributed by atoms with van der Waals surface area (Å²) in [5.74, 6) is 0. The highest BCUT2D eigenvalue weighted by Crippen LogP contribution is 2.26. The van der Waals surface area contributed by atoms with E-state index < -0.39 is 0 Å². The van der Waals surface area contributed by atoms with Crippen molar-refractivity contribution in [3.8, 4) is 0 Å². The Morgan fingerprint density at radius 3 is 2.90 bits per heavy atom. The standard InChI is InChI=1S/C17H24N4/c1-20-7-8-21(2)14(12-20)9-17(18)16-11-19-10-13-5-3-4-6-15(13)16/h3-6,10-11,14,17H,7-9,12,18H2,1-2H3. The predicted octanol–water partition coefficient (Wildman–Crippen LogP) is 1.87. The minimum atomic E-state index is 0.0301. The van der Waals surface area contributed by atoms with Gasteiger partial charge in [0.15, 0.2) is 0 Å². The van der Waals surface area contributed by atoms with E-state index in [1.54, 1.807) is 0 Å². The lowest BCUT2D eigenvalue weighted by Crippen LogP contribution is -2.50. The Kier molecular flexibility index (Phi) is 4.19. The van der Waals surface area contributed by atoms with E-state index in [4.69, 9.17) is 5.73 Å². The summed E-state index contributed by atoms with van der Waals surface area (Å²) in [5, 5.41) is 2.39. The fourth-order valence-electron chi connectivity index (χ4n) is 3.21. The van der Waals surface area contributed by atoms with Crippen LogP contribution >= 0.6 is 0 Å². The first-order chi connectivity index (χ1) is 10.1. The first kappa shape index (κ1) is 14.4. The van der Waals surface area contributed by atoms with Gasteiger partial charge in [-0.15, -0.1) is 0 Å². The van der Waals surface area contributed by atoms with E-state index in [0.717, 1.165) is 31.6 Å². The van der Waals surface area contributed by atoms with Gasteiger partial charge in [0.25, 0.3) is 0 Å². The van der Waals surface area contributed by atoms with Gasteiger partial charge < -0.3 is 15.5 Å². The largest absolute Gasteiger partial charge is 0.324 e. The predicted molar refractivity (Wildman–Crippen MR) is 87.2 cm³/mol. The smallest absolute Gasteiger partial charge is 0.0346 e. The van der Waals surface area contributed by atoms with Crippen LogP contribution < -0.4 is 5.73 Å². The molecule has 3 rings (SSSR count). The molecule has 0 bridgehead atoms. The lowest BCUT2D eigenvalue weighted by atomic mass is 9.95. The molecular formula is C17H24N4. The van der Waals surface area contributed by atoms with E-state index >= 15 is 0 Å². The van der Waals surface area contributed by atoms with Crippen LogP contribution in [0.15, 0.2) is 36.7 Å². The van der Waals surface area contributed by atoms with Gasteiger partial charge in [-0.1, -0.05) is 24.3 Å². The normalized spacial score (nSPS) is 22.5. The summed E-state index contributed by atoms with van der Waals surface area (Å²) in [6.45, 7) is 3.34. The lowest BCUT2D eigenvalue weighted by molar-refractivity contribution is 0.104. The molecule has 1 aliphatic heterocycles. The van der Waals surface area contributed by atoms with Crippen molar-refractivity contribution in [2.45, 2.75) is 18.5 Å². The van der Waals surface area contributed by atoms with Crippen LogP contribution in [0.25, 0.3) is 10.8 Å². The second kappa shape index (κ2) is 6.10. The first-order valence-corrected chi connectivity index (χ1v) is 7.62. The highest BCUT2D eigenvalue weighted by Gasteiger charge is 2.25. The Labute approximate surface area is 126 Å². The van der Waals surface area contributed by atoms with Gasteiger partial charge in [-0.3, -0.25) is 4.98 Å². The Morgan fingerprint density at radius 1 is 1.24 bits per heavy atom. The topological polar surface area (TPSA) is 45.4 Å². The molecule has 112 valence electrons. The number of nitrogens with zero attached hydrogens (tertiary/aromatic N) is 3. The van der Waals surface area contributed by atoms with E-state index in [2.05, 4.69) is 47.1 Å². The van der Waals surface area contributed by atoms with Gasteiger partial charge in [0.1, 0.15) is 0 Å². The van der Waals surface area contributed by atoms with Gasteiger partial charge in [-0.2, -0.15) is 0 Å². The number of rotatable bonds is 3.